The number of benzene rings is 2. The molecule has 2 aromatic carbocycles. The Morgan fingerprint density at radius 2 is 1.90 bits per heavy atom. The number of anilines is 1. The maximum absolute atomic E-state index is 14.6. The van der Waals surface area contributed by atoms with Crippen molar-refractivity contribution in [3.8, 4) is 0 Å². The minimum Gasteiger partial charge on any atom is -0.396 e. The molecule has 21 heavy (non-hydrogen) atoms. The zero-order valence-corrected chi connectivity index (χ0v) is 13.4. The Hall–Kier alpha value is -1.57. The van der Waals surface area contributed by atoms with E-state index in [9.17, 15) is 4.39 Å². The molecular weight excluding hydrogens is 261 g/mol. The Balaban J connectivity index is 2.46. The zero-order valence-electron chi connectivity index (χ0n) is 13.4. The second-order valence-corrected chi connectivity index (χ2v) is 5.96. The molecule has 1 unspecified atom stereocenters. The zero-order chi connectivity index (χ0) is 15.4. The van der Waals surface area contributed by atoms with Crippen LogP contribution in [0.15, 0.2) is 24.3 Å². The van der Waals surface area contributed by atoms with Crippen molar-refractivity contribution in [3.63, 3.8) is 0 Å². The maximum Gasteiger partial charge on any atom is 0.154 e. The first-order valence-electron chi connectivity index (χ1n) is 8.09. The molecule has 0 aromatic heterocycles. The molecule has 0 aliphatic rings. The Kier molecular flexibility index (Phi) is 5.22. The van der Waals surface area contributed by atoms with Crippen molar-refractivity contribution in [1.82, 2.24) is 0 Å². The molecule has 0 saturated carbocycles. The van der Waals surface area contributed by atoms with Gasteiger partial charge in [0, 0.05) is 5.39 Å². The summed E-state index contributed by atoms with van der Waals surface area (Å²) in [5.74, 6) is 0.0560. The number of fused-ring (bicyclic) bond motifs is 1. The largest absolute Gasteiger partial charge is 0.396 e. The predicted octanol–water partition coefficient (Wildman–Crippen LogP) is 5.81. The van der Waals surface area contributed by atoms with E-state index in [1.165, 1.54) is 24.8 Å². The van der Waals surface area contributed by atoms with Crippen LogP contribution in [-0.2, 0) is 6.42 Å². The number of nitrogens with two attached hydrogens (primary N) is 1. The molecule has 2 heteroatoms. The average Bonchev–Trinajstić information content (AvgIpc) is 2.50. The summed E-state index contributed by atoms with van der Waals surface area (Å²) >= 11 is 0. The van der Waals surface area contributed by atoms with E-state index < -0.39 is 0 Å². The molecule has 1 atom stereocenters. The van der Waals surface area contributed by atoms with E-state index in [4.69, 9.17) is 5.73 Å². The monoisotopic (exact) mass is 287 g/mol. The van der Waals surface area contributed by atoms with E-state index in [1.54, 1.807) is 0 Å². The molecule has 0 saturated heterocycles. The molecule has 0 aliphatic carbocycles. The van der Waals surface area contributed by atoms with E-state index in [0.717, 1.165) is 23.8 Å². The summed E-state index contributed by atoms with van der Waals surface area (Å²) in [6.07, 6.45) is 5.57. The number of aryl methyl sites for hydroxylation is 1. The summed E-state index contributed by atoms with van der Waals surface area (Å²) in [5.41, 5.74) is 8.56. The van der Waals surface area contributed by atoms with Gasteiger partial charge in [-0.2, -0.15) is 0 Å². The van der Waals surface area contributed by atoms with Gasteiger partial charge in [0.15, 0.2) is 5.82 Å². The Morgan fingerprint density at radius 3 is 2.57 bits per heavy atom. The highest BCUT2D eigenvalue weighted by molar-refractivity contribution is 5.90. The van der Waals surface area contributed by atoms with Crippen LogP contribution in [-0.4, -0.2) is 0 Å². The van der Waals surface area contributed by atoms with Crippen LogP contribution in [0.5, 0.6) is 0 Å². The molecule has 0 amide bonds. The van der Waals surface area contributed by atoms with E-state index in [-0.39, 0.29) is 5.82 Å². The quantitative estimate of drug-likeness (QED) is 0.526. The van der Waals surface area contributed by atoms with Crippen LogP contribution in [0.25, 0.3) is 10.8 Å². The van der Waals surface area contributed by atoms with Gasteiger partial charge in [-0.05, 0) is 41.3 Å². The third kappa shape index (κ3) is 3.20. The fourth-order valence-corrected chi connectivity index (χ4v) is 3.05. The molecule has 0 radical (unpaired) electrons. The summed E-state index contributed by atoms with van der Waals surface area (Å²) in [5, 5.41) is 1.67. The Bertz CT molecular complexity index is 618. The van der Waals surface area contributed by atoms with Crippen LogP contribution in [0, 0.1) is 5.82 Å². The van der Waals surface area contributed by atoms with Gasteiger partial charge in [-0.3, -0.25) is 0 Å². The lowest BCUT2D eigenvalue weighted by atomic mass is 9.90. The summed E-state index contributed by atoms with van der Waals surface area (Å²) in [4.78, 5) is 0. The van der Waals surface area contributed by atoms with Gasteiger partial charge in [0.25, 0.3) is 0 Å². The van der Waals surface area contributed by atoms with Crippen molar-refractivity contribution in [1.29, 1.82) is 0 Å². The number of nitrogen functional groups attached to an aromatic ring is 1. The van der Waals surface area contributed by atoms with Gasteiger partial charge >= 0.3 is 0 Å². The van der Waals surface area contributed by atoms with Gasteiger partial charge in [0.2, 0.25) is 0 Å². The van der Waals surface area contributed by atoms with E-state index in [0.29, 0.717) is 17.0 Å². The van der Waals surface area contributed by atoms with Crippen molar-refractivity contribution >= 4 is 16.5 Å². The van der Waals surface area contributed by atoms with Gasteiger partial charge in [0.1, 0.15) is 0 Å². The summed E-state index contributed by atoms with van der Waals surface area (Å²) in [7, 11) is 0. The van der Waals surface area contributed by atoms with Crippen LogP contribution in [0.3, 0.4) is 0 Å². The van der Waals surface area contributed by atoms with E-state index in [1.807, 2.05) is 12.1 Å². The average molecular weight is 287 g/mol. The van der Waals surface area contributed by atoms with Crippen molar-refractivity contribution in [3.05, 3.63) is 41.2 Å². The lowest BCUT2D eigenvalue weighted by Gasteiger charge is -2.17. The number of halogens is 1. The minimum absolute atomic E-state index is 0.250. The standard InChI is InChI=1S/C19H26FN/c1-4-6-7-9-13(3)16-12-17-14(5-2)10-8-11-15(17)18(20)19(16)21/h8,10-13H,4-7,9,21H2,1-3H3. The van der Waals surface area contributed by atoms with Gasteiger partial charge < -0.3 is 5.73 Å². The summed E-state index contributed by atoms with van der Waals surface area (Å²) in [6, 6.07) is 7.92. The highest BCUT2D eigenvalue weighted by atomic mass is 19.1. The smallest absolute Gasteiger partial charge is 0.154 e. The molecule has 2 aromatic rings. The van der Waals surface area contributed by atoms with Crippen LogP contribution < -0.4 is 5.73 Å². The lowest BCUT2D eigenvalue weighted by Crippen LogP contribution is -2.04. The van der Waals surface area contributed by atoms with Crippen molar-refractivity contribution in [2.75, 3.05) is 5.73 Å². The maximum atomic E-state index is 14.6. The fourth-order valence-electron chi connectivity index (χ4n) is 3.05. The molecule has 1 nitrogen and oxygen atoms in total. The third-order valence-electron chi connectivity index (χ3n) is 4.43. The van der Waals surface area contributed by atoms with E-state index in [2.05, 4.69) is 32.9 Å². The van der Waals surface area contributed by atoms with Crippen molar-refractivity contribution in [2.45, 2.75) is 58.8 Å². The first-order valence-corrected chi connectivity index (χ1v) is 8.09. The van der Waals surface area contributed by atoms with Crippen molar-refractivity contribution in [2.24, 2.45) is 0 Å². The van der Waals surface area contributed by atoms with Crippen LogP contribution >= 0.6 is 0 Å². The van der Waals surface area contributed by atoms with Crippen LogP contribution in [0.1, 0.15) is 63.5 Å². The van der Waals surface area contributed by atoms with Gasteiger partial charge in [0.05, 0.1) is 5.69 Å². The number of rotatable bonds is 6. The predicted molar refractivity (Wildman–Crippen MR) is 90.3 cm³/mol. The second-order valence-electron chi connectivity index (χ2n) is 5.96. The molecule has 114 valence electrons. The van der Waals surface area contributed by atoms with Crippen LogP contribution in [0.4, 0.5) is 10.1 Å². The normalized spacial score (nSPS) is 12.8. The van der Waals surface area contributed by atoms with E-state index >= 15 is 0 Å². The SMILES string of the molecule is CCCCCC(C)c1cc2c(CC)cccc2c(F)c1N. The van der Waals surface area contributed by atoms with Crippen molar-refractivity contribution < 1.29 is 4.39 Å². The highest BCUT2D eigenvalue weighted by Gasteiger charge is 2.16. The number of hydrogen-bond acceptors (Lipinski definition) is 1. The Labute approximate surface area is 127 Å². The van der Waals surface area contributed by atoms with Gasteiger partial charge in [-0.25, -0.2) is 4.39 Å². The van der Waals surface area contributed by atoms with Gasteiger partial charge in [-0.1, -0.05) is 58.2 Å². The number of hydrogen-bond donors (Lipinski definition) is 1. The summed E-state index contributed by atoms with van der Waals surface area (Å²) < 4.78 is 14.6. The first kappa shape index (κ1) is 15.8. The molecule has 2 rings (SSSR count). The molecule has 0 fully saturated rings. The third-order valence-corrected chi connectivity index (χ3v) is 4.43. The first-order chi connectivity index (χ1) is 10.1. The highest BCUT2D eigenvalue weighted by Crippen LogP contribution is 2.35. The molecule has 0 bridgehead atoms. The fraction of sp³-hybridized carbons (Fsp3) is 0.474. The Morgan fingerprint density at radius 1 is 1.14 bits per heavy atom. The summed E-state index contributed by atoms with van der Waals surface area (Å²) in [6.45, 7) is 6.46. The lowest BCUT2D eigenvalue weighted by molar-refractivity contribution is 0.593. The molecule has 0 spiro atoms. The minimum atomic E-state index is -0.250. The molecule has 0 aliphatic heterocycles. The molecule has 0 heterocycles. The van der Waals surface area contributed by atoms with Gasteiger partial charge in [-0.15, -0.1) is 0 Å². The second kappa shape index (κ2) is 6.93. The molecule has 2 N–H and O–H groups in total. The van der Waals surface area contributed by atoms with Crippen LogP contribution in [0.2, 0.25) is 0 Å². The topological polar surface area (TPSA) is 26.0 Å². The number of unbranched alkanes of at least 4 members (excludes halogenated alkanes) is 2. The molecular formula is C19H26FN.